The molecule has 0 aliphatic carbocycles. The maximum Gasteiger partial charge on any atom is 0.439 e. The van der Waals surface area contributed by atoms with Crippen LogP contribution < -0.4 is 15.2 Å². The SMILES string of the molecule is COc1cc(OCc2sc(-c3ccc(C(F)(F)F)cc3)nc2COC(C)=O)ccc1-c1noc(=O)[nH]1. The fourth-order valence-electron chi connectivity index (χ4n) is 3.16. The summed E-state index contributed by atoms with van der Waals surface area (Å²) in [4.78, 5) is 30.1. The van der Waals surface area contributed by atoms with Gasteiger partial charge in [-0.15, -0.1) is 11.3 Å². The first-order valence-electron chi connectivity index (χ1n) is 10.3. The Kier molecular flexibility index (Phi) is 7.10. The summed E-state index contributed by atoms with van der Waals surface area (Å²) in [6, 6.07) is 9.48. The Morgan fingerprint density at radius 1 is 1.14 bits per heavy atom. The fourth-order valence-corrected chi connectivity index (χ4v) is 4.14. The third-order valence-corrected chi connectivity index (χ3v) is 6.01. The number of benzene rings is 2. The van der Waals surface area contributed by atoms with E-state index in [0.29, 0.717) is 38.2 Å². The minimum absolute atomic E-state index is 0.0399. The topological polar surface area (TPSA) is 117 Å². The lowest BCUT2D eigenvalue weighted by molar-refractivity contribution is -0.142. The molecule has 0 aliphatic heterocycles. The van der Waals surface area contributed by atoms with Crippen LogP contribution in [-0.2, 0) is 28.9 Å². The lowest BCUT2D eigenvalue weighted by atomic mass is 10.1. The van der Waals surface area contributed by atoms with Crippen molar-refractivity contribution in [2.75, 3.05) is 7.11 Å². The molecule has 188 valence electrons. The molecule has 0 radical (unpaired) electrons. The lowest BCUT2D eigenvalue weighted by Crippen LogP contribution is -2.04. The van der Waals surface area contributed by atoms with Gasteiger partial charge in [-0.25, -0.2) is 9.78 Å². The first kappa shape index (κ1) is 25.0. The van der Waals surface area contributed by atoms with Crippen LogP contribution in [0, 0.1) is 0 Å². The number of hydrogen-bond acceptors (Lipinski definition) is 9. The number of aromatic amines is 1. The van der Waals surface area contributed by atoms with Crippen LogP contribution in [0.4, 0.5) is 13.2 Å². The Hall–Kier alpha value is -4.13. The molecule has 0 saturated heterocycles. The number of rotatable bonds is 8. The second kappa shape index (κ2) is 10.2. The van der Waals surface area contributed by atoms with Crippen LogP contribution >= 0.6 is 11.3 Å². The Labute approximate surface area is 205 Å². The fraction of sp³-hybridized carbons (Fsp3) is 0.217. The van der Waals surface area contributed by atoms with Gasteiger partial charge in [-0.3, -0.25) is 14.3 Å². The molecule has 9 nitrogen and oxygen atoms in total. The molecule has 13 heteroatoms. The molecule has 36 heavy (non-hydrogen) atoms. The molecular weight excluding hydrogens is 503 g/mol. The third kappa shape index (κ3) is 5.74. The summed E-state index contributed by atoms with van der Waals surface area (Å²) in [5.41, 5.74) is 0.622. The molecule has 0 aliphatic rings. The zero-order valence-electron chi connectivity index (χ0n) is 18.8. The van der Waals surface area contributed by atoms with Gasteiger partial charge < -0.3 is 14.2 Å². The van der Waals surface area contributed by atoms with Crippen molar-refractivity contribution in [2.45, 2.75) is 26.3 Å². The predicted octanol–water partition coefficient (Wildman–Crippen LogP) is 4.82. The van der Waals surface area contributed by atoms with E-state index >= 15 is 0 Å². The van der Waals surface area contributed by atoms with E-state index in [1.165, 1.54) is 37.5 Å². The van der Waals surface area contributed by atoms with Crippen molar-refractivity contribution in [1.82, 2.24) is 15.1 Å². The Balaban J connectivity index is 1.57. The van der Waals surface area contributed by atoms with Crippen LogP contribution in [0.25, 0.3) is 22.0 Å². The van der Waals surface area contributed by atoms with Gasteiger partial charge in [-0.05, 0) is 24.3 Å². The maximum atomic E-state index is 12.9. The number of carbonyl (C=O) groups excluding carboxylic acids is 1. The molecule has 0 bridgehead atoms. The molecule has 0 spiro atoms. The molecular formula is C23H18F3N3O6S. The van der Waals surface area contributed by atoms with E-state index < -0.39 is 23.5 Å². The number of nitrogens with zero attached hydrogens (tertiary/aromatic N) is 2. The normalized spacial score (nSPS) is 11.4. The highest BCUT2D eigenvalue weighted by Gasteiger charge is 2.30. The quantitative estimate of drug-likeness (QED) is 0.328. The third-order valence-electron chi connectivity index (χ3n) is 4.89. The van der Waals surface area contributed by atoms with Crippen molar-refractivity contribution in [3.05, 3.63) is 69.1 Å². The molecule has 0 saturated carbocycles. The number of nitrogens with one attached hydrogen (secondary N) is 1. The van der Waals surface area contributed by atoms with Crippen molar-refractivity contribution < 1.29 is 36.7 Å². The molecule has 0 atom stereocenters. The van der Waals surface area contributed by atoms with Crippen LogP contribution in [0.5, 0.6) is 11.5 Å². The number of methoxy groups -OCH3 is 1. The maximum absolute atomic E-state index is 12.9. The highest BCUT2D eigenvalue weighted by molar-refractivity contribution is 7.15. The molecule has 0 amide bonds. The van der Waals surface area contributed by atoms with Gasteiger partial charge in [0.05, 0.1) is 28.8 Å². The summed E-state index contributed by atoms with van der Waals surface area (Å²) in [6.07, 6.45) is -4.44. The first-order valence-corrected chi connectivity index (χ1v) is 11.1. The lowest BCUT2D eigenvalue weighted by Gasteiger charge is -2.10. The number of hydrogen-bond donors (Lipinski definition) is 1. The van der Waals surface area contributed by atoms with Crippen molar-refractivity contribution in [2.24, 2.45) is 0 Å². The molecule has 4 aromatic rings. The van der Waals surface area contributed by atoms with Crippen LogP contribution in [0.3, 0.4) is 0 Å². The van der Waals surface area contributed by atoms with Gasteiger partial charge in [-0.2, -0.15) is 13.2 Å². The average Bonchev–Trinajstić information content (AvgIpc) is 3.46. The van der Waals surface area contributed by atoms with E-state index in [1.54, 1.807) is 18.2 Å². The van der Waals surface area contributed by atoms with E-state index in [0.717, 1.165) is 12.1 Å². The molecule has 0 unspecified atom stereocenters. The summed E-state index contributed by atoms with van der Waals surface area (Å²) < 4.78 is 59.5. The van der Waals surface area contributed by atoms with Gasteiger partial charge in [0.2, 0.25) is 0 Å². The van der Waals surface area contributed by atoms with Crippen LogP contribution in [0.1, 0.15) is 23.1 Å². The monoisotopic (exact) mass is 521 g/mol. The van der Waals surface area contributed by atoms with Gasteiger partial charge in [0, 0.05) is 18.6 Å². The van der Waals surface area contributed by atoms with Gasteiger partial charge in [0.1, 0.15) is 29.7 Å². The smallest absolute Gasteiger partial charge is 0.439 e. The number of aromatic nitrogens is 3. The van der Waals surface area contributed by atoms with E-state index in [2.05, 4.69) is 19.6 Å². The zero-order valence-corrected chi connectivity index (χ0v) is 19.7. The van der Waals surface area contributed by atoms with Crippen molar-refractivity contribution >= 4 is 17.3 Å². The van der Waals surface area contributed by atoms with Crippen molar-refractivity contribution in [3.63, 3.8) is 0 Å². The zero-order chi connectivity index (χ0) is 25.9. The standard InChI is InChI=1S/C23H18F3N3O6S/c1-12(30)33-10-17-19(36-21(27-17)13-3-5-14(6-4-13)23(24,25)26)11-34-15-7-8-16(18(9-15)32-2)20-28-22(31)35-29-20/h3-9H,10-11H2,1-2H3,(H,28,29,31). The van der Waals surface area contributed by atoms with Gasteiger partial charge >= 0.3 is 17.9 Å². The number of halogens is 3. The average molecular weight is 521 g/mol. The van der Waals surface area contributed by atoms with Crippen molar-refractivity contribution in [1.29, 1.82) is 0 Å². The van der Waals surface area contributed by atoms with Crippen LogP contribution in [-0.4, -0.2) is 28.2 Å². The van der Waals surface area contributed by atoms with Gasteiger partial charge in [0.15, 0.2) is 5.82 Å². The summed E-state index contributed by atoms with van der Waals surface area (Å²) in [7, 11) is 1.44. The first-order chi connectivity index (χ1) is 17.1. The number of thiazole rings is 1. The number of H-pyrrole nitrogens is 1. The molecule has 2 heterocycles. The largest absolute Gasteiger partial charge is 0.496 e. The van der Waals surface area contributed by atoms with Gasteiger partial charge in [0.25, 0.3) is 0 Å². The highest BCUT2D eigenvalue weighted by atomic mass is 32.1. The predicted molar refractivity (Wildman–Crippen MR) is 121 cm³/mol. The molecule has 1 N–H and O–H groups in total. The van der Waals surface area contributed by atoms with Crippen LogP contribution in [0.2, 0.25) is 0 Å². The summed E-state index contributed by atoms with van der Waals surface area (Å²) in [5, 5.41) is 4.09. The summed E-state index contributed by atoms with van der Waals surface area (Å²) in [6.45, 7) is 1.18. The highest BCUT2D eigenvalue weighted by Crippen LogP contribution is 2.35. The minimum Gasteiger partial charge on any atom is -0.496 e. The van der Waals surface area contributed by atoms with E-state index in [1.807, 2.05) is 0 Å². The van der Waals surface area contributed by atoms with Crippen LogP contribution in [0.15, 0.2) is 51.8 Å². The number of esters is 1. The molecule has 2 aromatic heterocycles. The van der Waals surface area contributed by atoms with E-state index in [-0.39, 0.29) is 19.0 Å². The van der Waals surface area contributed by atoms with E-state index in [4.69, 9.17) is 14.2 Å². The number of alkyl halides is 3. The minimum atomic E-state index is -4.44. The molecule has 0 fully saturated rings. The number of carbonyl (C=O) groups is 1. The molecule has 2 aromatic carbocycles. The molecule has 4 rings (SSSR count). The Bertz CT molecular complexity index is 1430. The van der Waals surface area contributed by atoms with Crippen molar-refractivity contribution in [3.8, 4) is 33.5 Å². The summed E-state index contributed by atoms with van der Waals surface area (Å²) >= 11 is 1.21. The number of ether oxygens (including phenoxy) is 3. The summed E-state index contributed by atoms with van der Waals surface area (Å²) in [5.74, 6) is -0.231. The Morgan fingerprint density at radius 2 is 1.89 bits per heavy atom. The second-order valence-corrected chi connectivity index (χ2v) is 8.42. The second-order valence-electron chi connectivity index (χ2n) is 7.34. The Morgan fingerprint density at radius 3 is 2.50 bits per heavy atom. The van der Waals surface area contributed by atoms with E-state index in [9.17, 15) is 22.8 Å². The van der Waals surface area contributed by atoms with Gasteiger partial charge in [-0.1, -0.05) is 17.3 Å².